The minimum atomic E-state index is -0.563. The summed E-state index contributed by atoms with van der Waals surface area (Å²) < 4.78 is 0. The van der Waals surface area contributed by atoms with Gasteiger partial charge in [-0.1, -0.05) is 26.0 Å². The fourth-order valence-corrected chi connectivity index (χ4v) is 3.46. The number of hydrogen-bond donors (Lipinski definition) is 3. The van der Waals surface area contributed by atoms with Gasteiger partial charge in [-0.25, -0.2) is 4.99 Å². The molecule has 0 aromatic heterocycles. The first kappa shape index (κ1) is 20.7. The molecule has 4 N–H and O–H groups in total. The highest BCUT2D eigenvalue weighted by atomic mass is 16.2. The highest BCUT2D eigenvalue weighted by Gasteiger charge is 2.23. The van der Waals surface area contributed by atoms with E-state index in [-0.39, 0.29) is 12.5 Å². The highest BCUT2D eigenvalue weighted by molar-refractivity contribution is 5.96. The van der Waals surface area contributed by atoms with Gasteiger partial charge in [-0.3, -0.25) is 9.59 Å². The zero-order valence-electron chi connectivity index (χ0n) is 16.5. The van der Waals surface area contributed by atoms with E-state index in [0.29, 0.717) is 23.9 Å². The fourth-order valence-electron chi connectivity index (χ4n) is 3.46. The van der Waals surface area contributed by atoms with Gasteiger partial charge < -0.3 is 21.3 Å². The molecule has 1 aromatic carbocycles. The van der Waals surface area contributed by atoms with Crippen LogP contribution in [0.3, 0.4) is 0 Å². The number of nitrogens with two attached hydrogens (primary N) is 1. The molecule has 2 unspecified atom stereocenters. The topological polar surface area (TPSA) is 99.8 Å². The molecule has 2 amide bonds. The number of likely N-dealkylation sites (tertiary alicyclic amines) is 1. The van der Waals surface area contributed by atoms with Crippen LogP contribution in [0.25, 0.3) is 0 Å². The number of aliphatic imine (C=N–C) groups is 1. The van der Waals surface area contributed by atoms with Crippen LogP contribution in [0.15, 0.2) is 29.3 Å². The molecular weight excluding hydrogens is 342 g/mol. The smallest absolute Gasteiger partial charge is 0.251 e. The minimum Gasteiger partial charge on any atom is -0.368 e. The molecule has 0 saturated carbocycles. The third-order valence-electron chi connectivity index (χ3n) is 4.55. The molecule has 1 fully saturated rings. The van der Waals surface area contributed by atoms with Crippen molar-refractivity contribution in [3.63, 3.8) is 0 Å². The van der Waals surface area contributed by atoms with E-state index >= 15 is 0 Å². The van der Waals surface area contributed by atoms with Crippen LogP contribution in [0.2, 0.25) is 0 Å². The van der Waals surface area contributed by atoms with Crippen LogP contribution in [0.5, 0.6) is 0 Å². The van der Waals surface area contributed by atoms with Gasteiger partial charge in [-0.15, -0.1) is 0 Å². The van der Waals surface area contributed by atoms with Crippen molar-refractivity contribution in [2.75, 3.05) is 26.2 Å². The molecule has 1 aliphatic heterocycles. The molecule has 148 valence electrons. The van der Waals surface area contributed by atoms with Gasteiger partial charge in [0.25, 0.3) is 5.91 Å². The summed E-state index contributed by atoms with van der Waals surface area (Å²) >= 11 is 0. The maximum Gasteiger partial charge on any atom is 0.251 e. The molecule has 0 aliphatic carbocycles. The second kappa shape index (κ2) is 9.94. The Balaban J connectivity index is 2.01. The van der Waals surface area contributed by atoms with E-state index in [4.69, 9.17) is 10.7 Å². The van der Waals surface area contributed by atoms with E-state index in [9.17, 15) is 9.59 Å². The van der Waals surface area contributed by atoms with Gasteiger partial charge in [-0.05, 0) is 42.9 Å². The molecule has 2 atom stereocenters. The predicted octanol–water partition coefficient (Wildman–Crippen LogP) is 1.35. The molecule has 0 spiro atoms. The molecule has 1 aromatic rings. The van der Waals surface area contributed by atoms with Crippen molar-refractivity contribution in [1.82, 2.24) is 15.5 Å². The van der Waals surface area contributed by atoms with Crippen LogP contribution < -0.4 is 16.4 Å². The van der Waals surface area contributed by atoms with E-state index in [1.165, 1.54) is 6.42 Å². The van der Waals surface area contributed by atoms with Crippen molar-refractivity contribution in [3.8, 4) is 0 Å². The van der Waals surface area contributed by atoms with E-state index in [1.54, 1.807) is 12.1 Å². The first-order valence-corrected chi connectivity index (χ1v) is 9.57. The van der Waals surface area contributed by atoms with E-state index in [2.05, 4.69) is 36.3 Å². The molecule has 1 saturated heterocycles. The number of benzene rings is 1. The monoisotopic (exact) mass is 373 g/mol. The van der Waals surface area contributed by atoms with Gasteiger partial charge in [0.1, 0.15) is 0 Å². The number of carbonyl (C=O) groups excluding carboxylic acids is 2. The van der Waals surface area contributed by atoms with Crippen molar-refractivity contribution in [1.29, 1.82) is 0 Å². The lowest BCUT2D eigenvalue weighted by atomic mass is 9.92. The van der Waals surface area contributed by atoms with Crippen LogP contribution in [0, 0.1) is 11.8 Å². The summed E-state index contributed by atoms with van der Waals surface area (Å²) in [5.74, 6) is 1.39. The zero-order chi connectivity index (χ0) is 19.8. The average Bonchev–Trinajstić information content (AvgIpc) is 2.62. The SMILES string of the molecule is CCNC(=NCc1ccc(C(=O)NCC(N)=O)cc1)N1CC(C)CC(C)C1. The number of guanidine groups is 1. The average molecular weight is 374 g/mol. The van der Waals surface area contributed by atoms with Crippen LogP contribution in [-0.2, 0) is 11.3 Å². The molecule has 1 heterocycles. The van der Waals surface area contributed by atoms with Crippen LogP contribution in [0.4, 0.5) is 0 Å². The standard InChI is InChI=1S/C20H31N5O2/c1-4-22-20(25-12-14(2)9-15(3)13-25)24-10-16-5-7-17(8-6-16)19(27)23-11-18(21)26/h5-8,14-15H,4,9-13H2,1-3H3,(H2,21,26)(H,22,24)(H,23,27). The Morgan fingerprint density at radius 2 is 1.78 bits per heavy atom. The lowest BCUT2D eigenvalue weighted by Gasteiger charge is -2.37. The maximum absolute atomic E-state index is 11.9. The first-order chi connectivity index (χ1) is 12.9. The molecule has 0 bridgehead atoms. The quantitative estimate of drug-likeness (QED) is 0.518. The number of hydrogen-bond acceptors (Lipinski definition) is 3. The van der Waals surface area contributed by atoms with Gasteiger partial charge in [-0.2, -0.15) is 0 Å². The summed E-state index contributed by atoms with van der Waals surface area (Å²) in [5.41, 5.74) is 6.55. The Kier molecular flexibility index (Phi) is 7.64. The summed E-state index contributed by atoms with van der Waals surface area (Å²) in [5, 5.41) is 5.87. The molecular formula is C20H31N5O2. The lowest BCUT2D eigenvalue weighted by molar-refractivity contribution is -0.117. The van der Waals surface area contributed by atoms with Gasteiger partial charge in [0.2, 0.25) is 5.91 Å². The van der Waals surface area contributed by atoms with Gasteiger partial charge in [0.05, 0.1) is 13.1 Å². The molecule has 1 aliphatic rings. The van der Waals surface area contributed by atoms with Gasteiger partial charge in [0.15, 0.2) is 5.96 Å². The number of rotatable bonds is 6. The lowest BCUT2D eigenvalue weighted by Crippen LogP contribution is -2.48. The molecule has 27 heavy (non-hydrogen) atoms. The summed E-state index contributed by atoms with van der Waals surface area (Å²) in [6, 6.07) is 7.24. The summed E-state index contributed by atoms with van der Waals surface area (Å²) in [7, 11) is 0. The Morgan fingerprint density at radius 1 is 1.15 bits per heavy atom. The fraction of sp³-hybridized carbons (Fsp3) is 0.550. The largest absolute Gasteiger partial charge is 0.368 e. The molecule has 7 nitrogen and oxygen atoms in total. The number of carbonyl (C=O) groups is 2. The summed E-state index contributed by atoms with van der Waals surface area (Å²) in [6.45, 7) is 9.91. The maximum atomic E-state index is 11.9. The van der Waals surface area contributed by atoms with Crippen molar-refractivity contribution >= 4 is 17.8 Å². The molecule has 7 heteroatoms. The molecule has 0 radical (unpaired) electrons. The highest BCUT2D eigenvalue weighted by Crippen LogP contribution is 2.21. The second-order valence-electron chi connectivity index (χ2n) is 7.37. The van der Waals surface area contributed by atoms with Crippen LogP contribution in [0.1, 0.15) is 43.1 Å². The van der Waals surface area contributed by atoms with Crippen LogP contribution in [-0.4, -0.2) is 48.9 Å². The third-order valence-corrected chi connectivity index (χ3v) is 4.55. The minimum absolute atomic E-state index is 0.163. The van der Waals surface area contributed by atoms with Crippen molar-refractivity contribution < 1.29 is 9.59 Å². The van der Waals surface area contributed by atoms with Gasteiger partial charge in [0, 0.05) is 25.2 Å². The number of amides is 2. The Labute approximate surface area is 161 Å². The second-order valence-corrected chi connectivity index (χ2v) is 7.37. The predicted molar refractivity (Wildman–Crippen MR) is 107 cm³/mol. The number of primary amides is 1. The van der Waals surface area contributed by atoms with E-state index in [1.807, 2.05) is 12.1 Å². The Hall–Kier alpha value is -2.57. The normalized spacial score (nSPS) is 20.3. The van der Waals surface area contributed by atoms with Crippen LogP contribution >= 0.6 is 0 Å². The number of piperidine rings is 1. The number of nitrogens with one attached hydrogen (secondary N) is 2. The van der Waals surface area contributed by atoms with Gasteiger partial charge >= 0.3 is 0 Å². The van der Waals surface area contributed by atoms with Crippen molar-refractivity contribution in [3.05, 3.63) is 35.4 Å². The first-order valence-electron chi connectivity index (χ1n) is 9.57. The summed E-state index contributed by atoms with van der Waals surface area (Å²) in [6.07, 6.45) is 1.26. The Morgan fingerprint density at radius 3 is 2.33 bits per heavy atom. The third kappa shape index (κ3) is 6.58. The van der Waals surface area contributed by atoms with Crippen molar-refractivity contribution in [2.45, 2.75) is 33.7 Å². The Bertz CT molecular complexity index is 661. The van der Waals surface area contributed by atoms with E-state index < -0.39 is 5.91 Å². The summed E-state index contributed by atoms with van der Waals surface area (Å²) in [4.78, 5) is 29.8. The molecule has 2 rings (SSSR count). The van der Waals surface area contributed by atoms with Crippen molar-refractivity contribution in [2.24, 2.45) is 22.6 Å². The number of nitrogens with zero attached hydrogens (tertiary/aromatic N) is 2. The zero-order valence-corrected chi connectivity index (χ0v) is 16.5. The van der Waals surface area contributed by atoms with E-state index in [0.717, 1.165) is 31.2 Å².